The molecule has 0 fully saturated rings. The zero-order valence-electron chi connectivity index (χ0n) is 9.74. The quantitative estimate of drug-likeness (QED) is 0.647. The summed E-state index contributed by atoms with van der Waals surface area (Å²) in [6.45, 7) is 4.66. The fraction of sp³-hybridized carbons (Fsp3) is 0.429. The Balaban J connectivity index is 2.19. The van der Waals surface area contributed by atoms with Crippen LogP contribution >= 0.6 is 0 Å². The summed E-state index contributed by atoms with van der Waals surface area (Å²) in [5.41, 5.74) is 0. The second kappa shape index (κ2) is 4.22. The Labute approximate surface area is 100 Å². The maximum atomic E-state index is 2.45. The van der Waals surface area contributed by atoms with E-state index in [1.54, 1.807) is 0 Å². The molecule has 0 unspecified atom stereocenters. The van der Waals surface area contributed by atoms with Gasteiger partial charge in [0, 0.05) is 0 Å². The second-order valence-corrected chi connectivity index (χ2v) is 11.1. The molecule has 0 aromatic carbocycles. The molecule has 0 aromatic heterocycles. The summed E-state index contributed by atoms with van der Waals surface area (Å²) in [6.07, 6.45) is 21.3. The molecule has 0 heterocycles. The Kier molecular flexibility index (Phi) is 3.12. The van der Waals surface area contributed by atoms with Crippen LogP contribution < -0.4 is 0 Å². The molecule has 2 aliphatic carbocycles. The molecule has 0 aromatic rings. The average Bonchev–Trinajstić information content (AvgIpc) is 2.89. The molecule has 0 N–H and O–H groups in total. The van der Waals surface area contributed by atoms with Crippen molar-refractivity contribution in [1.82, 2.24) is 0 Å². The molecule has 0 aliphatic heterocycles. The number of allylic oxidation sites excluding steroid dienone is 8. The van der Waals surface area contributed by atoms with E-state index in [0.29, 0.717) is 8.02 Å². The summed E-state index contributed by atoms with van der Waals surface area (Å²) in [7, 11) is 0. The van der Waals surface area contributed by atoms with Crippen LogP contribution in [-0.2, 0) is 17.1 Å². The normalized spacial score (nSPS) is 23.6. The topological polar surface area (TPSA) is 0 Å². The van der Waals surface area contributed by atoms with Gasteiger partial charge in [-0.15, -0.1) is 0 Å². The van der Waals surface area contributed by atoms with E-state index in [1.165, 1.54) is 12.8 Å². The van der Waals surface area contributed by atoms with Crippen LogP contribution in [0.3, 0.4) is 0 Å². The van der Waals surface area contributed by atoms with E-state index < -0.39 is 17.1 Å². The van der Waals surface area contributed by atoms with Crippen molar-refractivity contribution in [2.75, 3.05) is 0 Å². The van der Waals surface area contributed by atoms with E-state index >= 15 is 0 Å². The summed E-state index contributed by atoms with van der Waals surface area (Å²) in [5.74, 6) is 0. The van der Waals surface area contributed by atoms with Gasteiger partial charge in [0.1, 0.15) is 0 Å². The molecule has 0 nitrogen and oxygen atoms in total. The molecule has 0 radical (unpaired) electrons. The molecular weight excluding hydrogens is 234 g/mol. The minimum absolute atomic E-state index is 0.488. The first kappa shape index (κ1) is 11.1. The molecule has 0 saturated heterocycles. The van der Waals surface area contributed by atoms with Crippen molar-refractivity contribution in [3.8, 4) is 0 Å². The van der Waals surface area contributed by atoms with E-state index in [4.69, 9.17) is 0 Å². The third kappa shape index (κ3) is 2.08. The van der Waals surface area contributed by atoms with Gasteiger partial charge in [0.25, 0.3) is 0 Å². The van der Waals surface area contributed by atoms with Gasteiger partial charge in [-0.3, -0.25) is 0 Å². The number of hydrogen-bond donors (Lipinski definition) is 0. The molecule has 0 bridgehead atoms. The Morgan fingerprint density at radius 1 is 0.733 bits per heavy atom. The third-order valence-corrected chi connectivity index (χ3v) is 10.7. The van der Waals surface area contributed by atoms with Gasteiger partial charge in [0.2, 0.25) is 0 Å². The van der Waals surface area contributed by atoms with Crippen LogP contribution in [0.2, 0.25) is 8.02 Å². The minimum atomic E-state index is -0.691. The zero-order chi connectivity index (χ0) is 10.8. The summed E-state index contributed by atoms with van der Waals surface area (Å²) in [4.78, 5) is 0. The zero-order valence-corrected chi connectivity index (χ0v) is 12.7. The maximum absolute atomic E-state index is 2.45. The fourth-order valence-electron chi connectivity index (χ4n) is 2.67. The van der Waals surface area contributed by atoms with Gasteiger partial charge in [-0.1, -0.05) is 0 Å². The van der Waals surface area contributed by atoms with E-state index in [1.807, 2.05) is 0 Å². The van der Waals surface area contributed by atoms with Crippen molar-refractivity contribution < 1.29 is 17.1 Å². The first-order chi connectivity index (χ1) is 7.24. The molecule has 0 amide bonds. The molecular formula is C14H18Zn. The second-order valence-electron chi connectivity index (χ2n) is 4.79. The van der Waals surface area contributed by atoms with Crippen molar-refractivity contribution in [1.29, 1.82) is 0 Å². The van der Waals surface area contributed by atoms with Gasteiger partial charge >= 0.3 is 100 Å². The predicted molar refractivity (Wildman–Crippen MR) is 62.5 cm³/mol. The Morgan fingerprint density at radius 3 is 1.33 bits per heavy atom. The third-order valence-electron chi connectivity index (χ3n) is 3.91. The molecule has 1 heteroatoms. The summed E-state index contributed by atoms with van der Waals surface area (Å²) in [6, 6.07) is 0. The van der Waals surface area contributed by atoms with E-state index in [9.17, 15) is 0 Å². The Morgan fingerprint density at radius 2 is 1.07 bits per heavy atom. The monoisotopic (exact) mass is 250 g/mol. The van der Waals surface area contributed by atoms with Gasteiger partial charge in [-0.25, -0.2) is 0 Å². The van der Waals surface area contributed by atoms with Crippen LogP contribution in [0.25, 0.3) is 0 Å². The Hall–Kier alpha value is -0.417. The molecule has 0 atom stereocenters. The Bertz CT molecular complexity index is 286. The van der Waals surface area contributed by atoms with E-state index in [0.717, 1.165) is 0 Å². The van der Waals surface area contributed by atoms with Gasteiger partial charge < -0.3 is 0 Å². The summed E-state index contributed by atoms with van der Waals surface area (Å²) < 4.78 is 0.976. The van der Waals surface area contributed by atoms with Gasteiger partial charge in [-0.2, -0.15) is 0 Å². The van der Waals surface area contributed by atoms with Gasteiger partial charge in [0.05, 0.1) is 0 Å². The van der Waals surface area contributed by atoms with Crippen molar-refractivity contribution in [3.05, 3.63) is 48.6 Å². The van der Waals surface area contributed by atoms with Crippen LogP contribution in [0.5, 0.6) is 0 Å². The number of rotatable bonds is 4. The first-order valence-corrected chi connectivity index (χ1v) is 8.95. The number of hydrogen-bond acceptors (Lipinski definition) is 0. The van der Waals surface area contributed by atoms with Crippen LogP contribution in [-0.4, -0.2) is 0 Å². The molecule has 0 spiro atoms. The molecule has 0 saturated carbocycles. The summed E-state index contributed by atoms with van der Waals surface area (Å²) in [5, 5.41) is 0. The van der Waals surface area contributed by atoms with Crippen LogP contribution in [0, 0.1) is 0 Å². The SMILES string of the molecule is CC[C]1([Zn][C]2(CC)C=CC=C2)C=CC=C1. The van der Waals surface area contributed by atoms with Crippen molar-refractivity contribution in [3.63, 3.8) is 0 Å². The van der Waals surface area contributed by atoms with Crippen LogP contribution in [0.1, 0.15) is 26.7 Å². The molecule has 2 rings (SSSR count). The van der Waals surface area contributed by atoms with Crippen molar-refractivity contribution in [2.24, 2.45) is 0 Å². The standard InChI is InChI=1S/2C7H9.Zn/c2*1-2-7-5-3-4-6-7;/h2*3-6H,2H2,1H3;. The van der Waals surface area contributed by atoms with Gasteiger partial charge in [0.15, 0.2) is 0 Å². The molecule has 15 heavy (non-hydrogen) atoms. The van der Waals surface area contributed by atoms with E-state index in [2.05, 4.69) is 62.5 Å². The summed E-state index contributed by atoms with van der Waals surface area (Å²) >= 11 is -0.691. The fourth-order valence-corrected chi connectivity index (χ4v) is 8.42. The first-order valence-electron chi connectivity index (χ1n) is 5.98. The van der Waals surface area contributed by atoms with Gasteiger partial charge in [-0.05, 0) is 0 Å². The van der Waals surface area contributed by atoms with Crippen molar-refractivity contribution in [2.45, 2.75) is 34.7 Å². The van der Waals surface area contributed by atoms with Crippen molar-refractivity contribution >= 4 is 0 Å². The molecule has 76 valence electrons. The average molecular weight is 252 g/mol. The van der Waals surface area contributed by atoms with E-state index in [-0.39, 0.29) is 0 Å². The molecule has 2 aliphatic rings. The predicted octanol–water partition coefficient (Wildman–Crippen LogP) is 4.46. The van der Waals surface area contributed by atoms with Crippen LogP contribution in [0.15, 0.2) is 48.6 Å². The van der Waals surface area contributed by atoms with Crippen LogP contribution in [0.4, 0.5) is 0 Å².